The zero-order valence-electron chi connectivity index (χ0n) is 41.6. The molecule has 15 nitrogen and oxygen atoms in total. The van der Waals surface area contributed by atoms with Gasteiger partial charge in [-0.1, -0.05) is 48.7 Å². The lowest BCUT2D eigenvalue weighted by atomic mass is 9.98. The van der Waals surface area contributed by atoms with Gasteiger partial charge in [0.25, 0.3) is 11.8 Å². The molecule has 16 heteroatoms. The van der Waals surface area contributed by atoms with Gasteiger partial charge in [-0.2, -0.15) is 5.10 Å². The highest BCUT2D eigenvalue weighted by atomic mass is 35.5. The standard InChI is InChI=1S/C54H66ClN7O8/c1-33-31-37(32-34(2)47(33)55)69-28-14-18-39-38-15-12-16-40(48(38)60(25-24-59-26-29-68-30-27-59)49(39)53(67)70-54(5,6)7)45-35(3)58-61(36(45)4)23-11-9-8-10-22-56-42-19-13-17-41-46(42)52(66)62(51(41)65)43-20-21-44(63)57-50(43)64/h12-13,15-17,19,31-32,43,56H,8-11,14,18,20-30H2,1-7H3,(H,57,63,64). The van der Waals surface area contributed by atoms with E-state index in [2.05, 4.69) is 56.8 Å². The second-order valence-electron chi connectivity index (χ2n) is 19.7. The molecule has 8 rings (SSSR count). The SMILES string of the molecule is Cc1cc(OCCCc2c(C(=O)OC(C)(C)C)n(CCN3CCOCC3)c3c(-c4c(C)nn(CCCCCCNc5cccc6c5C(=O)N(C5CCC(=O)NC5=O)C6=O)c4C)cccc23)cc(C)c1Cl. The number of carbonyl (C=O) groups excluding carboxylic acids is 5. The van der Waals surface area contributed by atoms with Crippen molar-refractivity contribution in [2.75, 3.05) is 51.3 Å². The number of nitrogens with zero attached hydrogens (tertiary/aromatic N) is 5. The fourth-order valence-electron chi connectivity index (χ4n) is 10.1. The first-order valence-electron chi connectivity index (χ1n) is 24.7. The summed E-state index contributed by atoms with van der Waals surface area (Å²) in [7, 11) is 0. The van der Waals surface area contributed by atoms with Crippen molar-refractivity contribution in [1.82, 2.24) is 29.5 Å². The van der Waals surface area contributed by atoms with Crippen molar-refractivity contribution >= 4 is 57.8 Å². The predicted molar refractivity (Wildman–Crippen MR) is 270 cm³/mol. The van der Waals surface area contributed by atoms with Crippen LogP contribution in [-0.4, -0.2) is 111 Å². The molecule has 0 saturated carbocycles. The summed E-state index contributed by atoms with van der Waals surface area (Å²) in [5, 5.41) is 12.4. The Hall–Kier alpha value is -6.03. The molecule has 2 fully saturated rings. The van der Waals surface area contributed by atoms with Crippen molar-refractivity contribution in [3.05, 3.63) is 98.5 Å². The highest BCUT2D eigenvalue weighted by Crippen LogP contribution is 2.39. The topological polar surface area (TPSA) is 166 Å². The number of unbranched alkanes of at least 4 members (excludes halogenated alkanes) is 3. The number of benzene rings is 3. The van der Waals surface area contributed by atoms with Gasteiger partial charge in [-0.05, 0) is 122 Å². The van der Waals surface area contributed by atoms with Crippen LogP contribution in [0, 0.1) is 27.7 Å². The predicted octanol–water partition coefficient (Wildman–Crippen LogP) is 8.76. The van der Waals surface area contributed by atoms with E-state index in [1.165, 1.54) is 0 Å². The van der Waals surface area contributed by atoms with Gasteiger partial charge < -0.3 is 24.1 Å². The summed E-state index contributed by atoms with van der Waals surface area (Å²) in [6.45, 7) is 20.0. The van der Waals surface area contributed by atoms with Crippen LogP contribution in [0.2, 0.25) is 5.02 Å². The van der Waals surface area contributed by atoms with E-state index in [0.717, 1.165) is 118 Å². The molecule has 1 atom stereocenters. The van der Waals surface area contributed by atoms with Gasteiger partial charge in [0.15, 0.2) is 0 Å². The molecule has 3 aliphatic heterocycles. The second kappa shape index (κ2) is 21.5. The molecule has 0 aliphatic carbocycles. The van der Waals surface area contributed by atoms with E-state index in [0.29, 0.717) is 57.1 Å². The molecule has 2 saturated heterocycles. The number of nitrogens with one attached hydrogen (secondary N) is 2. The lowest BCUT2D eigenvalue weighted by Gasteiger charge is -2.27. The minimum absolute atomic E-state index is 0.0697. The summed E-state index contributed by atoms with van der Waals surface area (Å²) in [4.78, 5) is 69.0. The van der Waals surface area contributed by atoms with Crippen LogP contribution in [-0.2, 0) is 38.6 Å². The molecule has 5 heterocycles. The van der Waals surface area contributed by atoms with Gasteiger partial charge in [-0.3, -0.25) is 39.0 Å². The average molecular weight is 977 g/mol. The van der Waals surface area contributed by atoms with E-state index in [1.807, 2.05) is 46.8 Å². The van der Waals surface area contributed by atoms with Crippen molar-refractivity contribution in [3.63, 3.8) is 0 Å². The molecular formula is C54H66ClN7O8. The number of anilines is 1. The number of hydrogen-bond donors (Lipinski definition) is 2. The molecular weight excluding hydrogens is 910 g/mol. The molecule has 5 aromatic rings. The summed E-state index contributed by atoms with van der Waals surface area (Å²) < 4.78 is 22.4. The summed E-state index contributed by atoms with van der Waals surface area (Å²) in [5.74, 6) is -1.65. The third kappa shape index (κ3) is 10.8. The number of fused-ring (bicyclic) bond motifs is 2. The lowest BCUT2D eigenvalue weighted by molar-refractivity contribution is -0.136. The van der Waals surface area contributed by atoms with Crippen molar-refractivity contribution in [2.24, 2.45) is 0 Å². The minimum Gasteiger partial charge on any atom is -0.494 e. The van der Waals surface area contributed by atoms with E-state index >= 15 is 0 Å². The lowest BCUT2D eigenvalue weighted by Crippen LogP contribution is -2.54. The number of carbonyl (C=O) groups is 5. The first kappa shape index (κ1) is 50.4. The van der Waals surface area contributed by atoms with Crippen LogP contribution in [0.15, 0.2) is 48.5 Å². The molecule has 1 unspecified atom stereocenters. The number of para-hydroxylation sites is 1. The van der Waals surface area contributed by atoms with Crippen molar-refractivity contribution in [1.29, 1.82) is 0 Å². The summed E-state index contributed by atoms with van der Waals surface area (Å²) in [6, 6.07) is 14.4. The second-order valence-corrected chi connectivity index (χ2v) is 20.1. The Morgan fingerprint density at radius 1 is 0.871 bits per heavy atom. The molecule has 2 aromatic heterocycles. The van der Waals surface area contributed by atoms with E-state index in [4.69, 9.17) is 30.9 Å². The molecule has 372 valence electrons. The Balaban J connectivity index is 0.978. The minimum atomic E-state index is -1.01. The first-order valence-corrected chi connectivity index (χ1v) is 25.1. The van der Waals surface area contributed by atoms with Crippen molar-refractivity contribution in [3.8, 4) is 16.9 Å². The van der Waals surface area contributed by atoms with Gasteiger partial charge in [0.2, 0.25) is 11.8 Å². The van der Waals surface area contributed by atoms with Gasteiger partial charge in [0, 0.05) is 78.6 Å². The Kier molecular flexibility index (Phi) is 15.5. The number of halogens is 1. The normalized spacial score (nSPS) is 16.6. The number of hydrogen-bond acceptors (Lipinski definition) is 11. The molecule has 2 N–H and O–H groups in total. The van der Waals surface area contributed by atoms with Gasteiger partial charge in [0.1, 0.15) is 23.1 Å². The zero-order valence-corrected chi connectivity index (χ0v) is 42.4. The first-order chi connectivity index (χ1) is 33.5. The molecule has 3 aliphatic rings. The highest BCUT2D eigenvalue weighted by Gasteiger charge is 2.45. The largest absolute Gasteiger partial charge is 0.494 e. The average Bonchev–Trinajstić information content (AvgIpc) is 3.89. The number of imide groups is 2. The highest BCUT2D eigenvalue weighted by molar-refractivity contribution is 6.32. The van der Waals surface area contributed by atoms with Gasteiger partial charge in [0.05, 0.1) is 42.2 Å². The van der Waals surface area contributed by atoms with Crippen LogP contribution in [0.1, 0.15) is 125 Å². The van der Waals surface area contributed by atoms with E-state index < -0.39 is 35.3 Å². The van der Waals surface area contributed by atoms with Gasteiger partial charge >= 0.3 is 5.97 Å². The number of aryl methyl sites for hydroxylation is 5. The fourth-order valence-corrected chi connectivity index (χ4v) is 10.3. The summed E-state index contributed by atoms with van der Waals surface area (Å²) in [5.41, 5.74) is 8.88. The molecule has 0 bridgehead atoms. The number of rotatable bonds is 19. The molecule has 0 spiro atoms. The van der Waals surface area contributed by atoms with Crippen LogP contribution in [0.3, 0.4) is 0 Å². The smallest absolute Gasteiger partial charge is 0.355 e. The van der Waals surface area contributed by atoms with Crippen molar-refractivity contribution in [2.45, 2.75) is 125 Å². The molecule has 70 heavy (non-hydrogen) atoms. The van der Waals surface area contributed by atoms with Crippen LogP contribution in [0.5, 0.6) is 5.75 Å². The van der Waals surface area contributed by atoms with Crippen LogP contribution in [0.4, 0.5) is 5.69 Å². The number of morpholine rings is 1. The number of esters is 1. The fraction of sp³-hybridized carbons (Fsp3) is 0.481. The van der Waals surface area contributed by atoms with Gasteiger partial charge in [-0.25, -0.2) is 4.79 Å². The Morgan fingerprint density at radius 2 is 1.59 bits per heavy atom. The summed E-state index contributed by atoms with van der Waals surface area (Å²) >= 11 is 6.45. The number of ether oxygens (including phenoxy) is 3. The van der Waals surface area contributed by atoms with Crippen LogP contribution >= 0.6 is 11.6 Å². The van der Waals surface area contributed by atoms with Crippen LogP contribution < -0.4 is 15.4 Å². The third-order valence-corrected chi connectivity index (χ3v) is 14.1. The number of aromatic nitrogens is 3. The van der Waals surface area contributed by atoms with Crippen molar-refractivity contribution < 1.29 is 38.2 Å². The zero-order chi connectivity index (χ0) is 49.9. The maximum Gasteiger partial charge on any atom is 0.355 e. The third-order valence-electron chi connectivity index (χ3n) is 13.5. The maximum atomic E-state index is 14.5. The van der Waals surface area contributed by atoms with Crippen LogP contribution in [0.25, 0.3) is 22.0 Å². The number of piperidine rings is 1. The summed E-state index contributed by atoms with van der Waals surface area (Å²) in [6.07, 6.45) is 5.08. The van der Waals surface area contributed by atoms with E-state index in [9.17, 15) is 24.0 Å². The Morgan fingerprint density at radius 3 is 2.31 bits per heavy atom. The number of amides is 4. The molecule has 3 aromatic carbocycles. The van der Waals surface area contributed by atoms with E-state index in [-0.39, 0.29) is 29.9 Å². The molecule has 4 amide bonds. The van der Waals surface area contributed by atoms with Gasteiger partial charge in [-0.15, -0.1) is 0 Å². The Bertz CT molecular complexity index is 2790. The quantitative estimate of drug-likeness (QED) is 0.0462. The van der Waals surface area contributed by atoms with E-state index in [1.54, 1.807) is 18.2 Å². The molecule has 0 radical (unpaired) electrons. The monoisotopic (exact) mass is 975 g/mol. The maximum absolute atomic E-state index is 14.5. The Labute approximate surface area is 415 Å².